The molecule has 1 unspecified atom stereocenters. The molecule has 2 rings (SSSR count). The first kappa shape index (κ1) is 15.0. The Morgan fingerprint density at radius 3 is 2.80 bits per heavy atom. The molecular weight excluding hydrogens is 256 g/mol. The molecule has 0 saturated carbocycles. The molecule has 2 heterocycles. The first-order valence-corrected chi connectivity index (χ1v) is 7.43. The highest BCUT2D eigenvalue weighted by Crippen LogP contribution is 2.25. The Bertz CT molecular complexity index is 438. The first-order chi connectivity index (χ1) is 9.65. The van der Waals surface area contributed by atoms with Crippen LogP contribution in [0.25, 0.3) is 0 Å². The summed E-state index contributed by atoms with van der Waals surface area (Å²) in [5.74, 6) is 1.77. The van der Waals surface area contributed by atoms with Gasteiger partial charge in [0.05, 0.1) is 6.04 Å². The normalized spacial score (nSPS) is 18.9. The van der Waals surface area contributed by atoms with Gasteiger partial charge >= 0.3 is 0 Å². The number of hydrogen-bond donors (Lipinski definition) is 1. The highest BCUT2D eigenvalue weighted by Gasteiger charge is 2.29. The van der Waals surface area contributed by atoms with Crippen LogP contribution in [0.15, 0.2) is 4.52 Å². The molecule has 1 saturated heterocycles. The number of amides is 1. The summed E-state index contributed by atoms with van der Waals surface area (Å²) < 4.78 is 5.35. The highest BCUT2D eigenvalue weighted by atomic mass is 16.5. The predicted molar refractivity (Wildman–Crippen MR) is 75.1 cm³/mol. The third-order valence-corrected chi connectivity index (χ3v) is 4.01. The zero-order chi connectivity index (χ0) is 14.5. The molecule has 112 valence electrons. The quantitative estimate of drug-likeness (QED) is 0.886. The van der Waals surface area contributed by atoms with E-state index in [9.17, 15) is 4.79 Å². The molecule has 0 aliphatic carbocycles. The Morgan fingerprint density at radius 2 is 2.20 bits per heavy atom. The lowest BCUT2D eigenvalue weighted by atomic mass is 9.95. The van der Waals surface area contributed by atoms with Gasteiger partial charge in [0, 0.05) is 19.4 Å². The largest absolute Gasteiger partial charge is 0.359 e. The van der Waals surface area contributed by atoms with Crippen molar-refractivity contribution in [3.8, 4) is 0 Å². The van der Waals surface area contributed by atoms with Gasteiger partial charge in [-0.15, -0.1) is 0 Å². The summed E-state index contributed by atoms with van der Waals surface area (Å²) in [7, 11) is 1.70. The van der Waals surface area contributed by atoms with E-state index < -0.39 is 0 Å². The lowest BCUT2D eigenvalue weighted by molar-refractivity contribution is -0.126. The van der Waals surface area contributed by atoms with E-state index in [2.05, 4.69) is 34.2 Å². The summed E-state index contributed by atoms with van der Waals surface area (Å²) in [5, 5.41) is 6.73. The van der Waals surface area contributed by atoms with E-state index >= 15 is 0 Å². The van der Waals surface area contributed by atoms with Crippen LogP contribution in [-0.2, 0) is 11.2 Å². The van der Waals surface area contributed by atoms with E-state index in [-0.39, 0.29) is 17.9 Å². The molecule has 1 aromatic rings. The van der Waals surface area contributed by atoms with Crippen molar-refractivity contribution in [3.63, 3.8) is 0 Å². The zero-order valence-corrected chi connectivity index (χ0v) is 12.6. The minimum absolute atomic E-state index is 0.124. The minimum Gasteiger partial charge on any atom is -0.359 e. The zero-order valence-electron chi connectivity index (χ0n) is 12.6. The Hall–Kier alpha value is -1.43. The van der Waals surface area contributed by atoms with Gasteiger partial charge in [-0.25, -0.2) is 0 Å². The minimum atomic E-state index is 0.124. The fourth-order valence-corrected chi connectivity index (χ4v) is 2.67. The molecule has 0 aromatic carbocycles. The number of nitrogens with zero attached hydrogens (tertiary/aromatic N) is 3. The van der Waals surface area contributed by atoms with Gasteiger partial charge in [-0.2, -0.15) is 4.98 Å². The summed E-state index contributed by atoms with van der Waals surface area (Å²) in [4.78, 5) is 18.4. The van der Waals surface area contributed by atoms with Crippen molar-refractivity contribution in [2.24, 2.45) is 5.92 Å². The van der Waals surface area contributed by atoms with Crippen LogP contribution in [0.5, 0.6) is 0 Å². The van der Waals surface area contributed by atoms with Crippen LogP contribution in [0.2, 0.25) is 0 Å². The lowest BCUT2D eigenvalue weighted by Crippen LogP contribution is -2.40. The molecule has 6 heteroatoms. The van der Waals surface area contributed by atoms with Crippen molar-refractivity contribution in [2.75, 3.05) is 20.1 Å². The second-order valence-corrected chi connectivity index (χ2v) is 5.40. The fourth-order valence-electron chi connectivity index (χ4n) is 2.67. The summed E-state index contributed by atoms with van der Waals surface area (Å²) in [6, 6.07) is 0.124. The lowest BCUT2D eigenvalue weighted by Gasteiger charge is -2.33. The summed E-state index contributed by atoms with van der Waals surface area (Å²) in [5.41, 5.74) is 0. The van der Waals surface area contributed by atoms with Gasteiger partial charge < -0.3 is 9.84 Å². The van der Waals surface area contributed by atoms with Gasteiger partial charge in [-0.1, -0.05) is 12.1 Å². The predicted octanol–water partition coefficient (Wildman–Crippen LogP) is 1.54. The summed E-state index contributed by atoms with van der Waals surface area (Å²) in [6.45, 7) is 5.97. The molecule has 0 bridgehead atoms. The molecule has 1 atom stereocenters. The third-order valence-electron chi connectivity index (χ3n) is 4.01. The molecule has 1 aliphatic rings. The molecule has 1 aromatic heterocycles. The number of hydrogen-bond acceptors (Lipinski definition) is 5. The number of carbonyl (C=O) groups is 1. The van der Waals surface area contributed by atoms with Crippen LogP contribution >= 0.6 is 0 Å². The molecule has 0 radical (unpaired) electrons. The molecule has 20 heavy (non-hydrogen) atoms. The molecule has 1 N–H and O–H groups in total. The molecular formula is C14H24N4O2. The number of likely N-dealkylation sites (tertiary alicyclic amines) is 1. The van der Waals surface area contributed by atoms with E-state index in [4.69, 9.17) is 4.52 Å². The Labute approximate surface area is 119 Å². The van der Waals surface area contributed by atoms with Crippen LogP contribution in [-0.4, -0.2) is 41.1 Å². The highest BCUT2D eigenvalue weighted by molar-refractivity contribution is 5.78. The maximum atomic E-state index is 11.6. The average molecular weight is 280 g/mol. The van der Waals surface area contributed by atoms with Gasteiger partial charge in [0.2, 0.25) is 11.8 Å². The average Bonchev–Trinajstić information content (AvgIpc) is 2.95. The number of rotatable bonds is 5. The Balaban J connectivity index is 1.90. The molecule has 6 nitrogen and oxygen atoms in total. The SMILES string of the molecule is CCCc1noc(C(C)N2CCC(C(=O)NC)CC2)n1. The maximum absolute atomic E-state index is 11.6. The van der Waals surface area contributed by atoms with Crippen molar-refractivity contribution in [3.05, 3.63) is 11.7 Å². The number of nitrogens with one attached hydrogen (secondary N) is 1. The van der Waals surface area contributed by atoms with Crippen molar-refractivity contribution in [1.29, 1.82) is 0 Å². The van der Waals surface area contributed by atoms with E-state index in [0.29, 0.717) is 5.89 Å². The van der Waals surface area contributed by atoms with Gasteiger partial charge in [-0.05, 0) is 39.3 Å². The van der Waals surface area contributed by atoms with Gasteiger partial charge in [0.15, 0.2) is 5.82 Å². The molecule has 0 spiro atoms. The molecule has 1 amide bonds. The van der Waals surface area contributed by atoms with Crippen LogP contribution in [0, 0.1) is 5.92 Å². The Morgan fingerprint density at radius 1 is 1.50 bits per heavy atom. The van der Waals surface area contributed by atoms with E-state index in [1.807, 2.05) is 0 Å². The molecule has 1 aliphatic heterocycles. The fraction of sp³-hybridized carbons (Fsp3) is 0.786. The van der Waals surface area contributed by atoms with Crippen molar-refractivity contribution >= 4 is 5.91 Å². The van der Waals surface area contributed by atoms with Crippen molar-refractivity contribution in [1.82, 2.24) is 20.4 Å². The maximum Gasteiger partial charge on any atom is 0.243 e. The van der Waals surface area contributed by atoms with Crippen LogP contribution in [0.3, 0.4) is 0 Å². The monoisotopic (exact) mass is 280 g/mol. The number of piperidine rings is 1. The first-order valence-electron chi connectivity index (χ1n) is 7.43. The topological polar surface area (TPSA) is 71.3 Å². The summed E-state index contributed by atoms with van der Waals surface area (Å²) in [6.07, 6.45) is 3.65. The Kier molecular flexibility index (Phi) is 5.11. The third kappa shape index (κ3) is 3.36. The van der Waals surface area contributed by atoms with Gasteiger partial charge in [0.1, 0.15) is 0 Å². The number of carbonyl (C=O) groups excluding carboxylic acids is 1. The van der Waals surface area contributed by atoms with Crippen molar-refractivity contribution in [2.45, 2.75) is 45.6 Å². The van der Waals surface area contributed by atoms with Crippen molar-refractivity contribution < 1.29 is 9.32 Å². The smallest absolute Gasteiger partial charge is 0.243 e. The molecule has 1 fully saturated rings. The van der Waals surface area contributed by atoms with E-state index in [1.165, 1.54) is 0 Å². The number of aryl methyl sites for hydroxylation is 1. The summed E-state index contributed by atoms with van der Waals surface area (Å²) >= 11 is 0. The van der Waals surface area contributed by atoms with E-state index in [0.717, 1.165) is 44.6 Å². The van der Waals surface area contributed by atoms with Gasteiger partial charge in [-0.3, -0.25) is 9.69 Å². The second-order valence-electron chi connectivity index (χ2n) is 5.40. The van der Waals surface area contributed by atoms with Crippen LogP contribution < -0.4 is 5.32 Å². The standard InChI is InChI=1S/C14H24N4O2/c1-4-5-12-16-14(20-17-12)10(2)18-8-6-11(7-9-18)13(19)15-3/h10-11H,4-9H2,1-3H3,(H,15,19). The van der Waals surface area contributed by atoms with Crippen LogP contribution in [0.1, 0.15) is 50.9 Å². The van der Waals surface area contributed by atoms with Gasteiger partial charge in [0.25, 0.3) is 0 Å². The second kappa shape index (κ2) is 6.83. The van der Waals surface area contributed by atoms with Crippen LogP contribution in [0.4, 0.5) is 0 Å². The number of aromatic nitrogens is 2. The van der Waals surface area contributed by atoms with E-state index in [1.54, 1.807) is 7.05 Å².